The van der Waals surface area contributed by atoms with E-state index in [0.717, 1.165) is 15.8 Å². The van der Waals surface area contributed by atoms with E-state index >= 15 is 0 Å². The molecule has 0 bridgehead atoms. The Labute approximate surface area is 156 Å². The van der Waals surface area contributed by atoms with Crippen LogP contribution in [0.4, 0.5) is 0 Å². The minimum atomic E-state index is -0.733. The SMILES string of the molecule is COC(=O)C(Cc1ccccc1)NC(=O)c1cc2sccc2n1C(C)C. The minimum absolute atomic E-state index is 0.133. The number of carbonyl (C=O) groups excluding carboxylic acids is 2. The summed E-state index contributed by atoms with van der Waals surface area (Å²) in [5.41, 5.74) is 2.56. The predicted molar refractivity (Wildman–Crippen MR) is 104 cm³/mol. The molecule has 0 fully saturated rings. The van der Waals surface area contributed by atoms with Crippen molar-refractivity contribution in [2.45, 2.75) is 32.4 Å². The highest BCUT2D eigenvalue weighted by Gasteiger charge is 2.25. The van der Waals surface area contributed by atoms with Gasteiger partial charge in [-0.3, -0.25) is 4.79 Å². The van der Waals surface area contributed by atoms with Crippen molar-refractivity contribution in [2.24, 2.45) is 0 Å². The lowest BCUT2D eigenvalue weighted by Crippen LogP contribution is -2.43. The van der Waals surface area contributed by atoms with Crippen molar-refractivity contribution in [1.29, 1.82) is 0 Å². The third-order valence-electron chi connectivity index (χ3n) is 4.28. The van der Waals surface area contributed by atoms with Crippen molar-refractivity contribution >= 4 is 33.4 Å². The number of methoxy groups -OCH3 is 1. The minimum Gasteiger partial charge on any atom is -0.467 e. The highest BCUT2D eigenvalue weighted by atomic mass is 32.1. The largest absolute Gasteiger partial charge is 0.467 e. The van der Waals surface area contributed by atoms with Crippen LogP contribution in [-0.4, -0.2) is 29.6 Å². The summed E-state index contributed by atoms with van der Waals surface area (Å²) < 4.78 is 7.94. The zero-order chi connectivity index (χ0) is 18.7. The Hall–Kier alpha value is -2.60. The van der Waals surface area contributed by atoms with Gasteiger partial charge in [0.05, 0.1) is 17.3 Å². The van der Waals surface area contributed by atoms with Gasteiger partial charge >= 0.3 is 5.97 Å². The monoisotopic (exact) mass is 370 g/mol. The van der Waals surface area contributed by atoms with Crippen LogP contribution in [0.5, 0.6) is 0 Å². The molecule has 1 atom stereocenters. The van der Waals surface area contributed by atoms with Crippen LogP contribution in [0, 0.1) is 0 Å². The van der Waals surface area contributed by atoms with Crippen molar-refractivity contribution in [3.63, 3.8) is 0 Å². The Morgan fingerprint density at radius 3 is 2.58 bits per heavy atom. The van der Waals surface area contributed by atoms with Crippen molar-refractivity contribution in [3.8, 4) is 0 Å². The summed E-state index contributed by atoms with van der Waals surface area (Å²) in [6.07, 6.45) is 0.385. The fourth-order valence-corrected chi connectivity index (χ4v) is 3.90. The Balaban J connectivity index is 1.87. The van der Waals surface area contributed by atoms with Gasteiger partial charge in [-0.15, -0.1) is 11.3 Å². The van der Waals surface area contributed by atoms with Gasteiger partial charge in [-0.05, 0) is 36.9 Å². The molecule has 0 radical (unpaired) electrons. The lowest BCUT2D eigenvalue weighted by atomic mass is 10.1. The van der Waals surface area contributed by atoms with Gasteiger partial charge in [0.2, 0.25) is 0 Å². The summed E-state index contributed by atoms with van der Waals surface area (Å²) in [6.45, 7) is 4.07. The van der Waals surface area contributed by atoms with E-state index in [4.69, 9.17) is 4.74 Å². The number of ether oxygens (including phenoxy) is 1. The van der Waals surface area contributed by atoms with E-state index in [9.17, 15) is 9.59 Å². The number of nitrogens with one attached hydrogen (secondary N) is 1. The molecule has 3 rings (SSSR count). The maximum absolute atomic E-state index is 12.9. The first-order valence-electron chi connectivity index (χ1n) is 8.52. The second-order valence-electron chi connectivity index (χ2n) is 6.40. The van der Waals surface area contributed by atoms with Gasteiger partial charge in [0.25, 0.3) is 5.91 Å². The van der Waals surface area contributed by atoms with Crippen LogP contribution in [0.3, 0.4) is 0 Å². The summed E-state index contributed by atoms with van der Waals surface area (Å²) >= 11 is 1.60. The predicted octanol–water partition coefficient (Wildman–Crippen LogP) is 3.80. The van der Waals surface area contributed by atoms with Crippen molar-refractivity contribution < 1.29 is 14.3 Å². The number of hydrogen-bond acceptors (Lipinski definition) is 4. The number of fused-ring (bicyclic) bond motifs is 1. The van der Waals surface area contributed by atoms with E-state index < -0.39 is 12.0 Å². The molecule has 1 N–H and O–H groups in total. The number of nitrogens with zero attached hydrogens (tertiary/aromatic N) is 1. The zero-order valence-electron chi connectivity index (χ0n) is 15.1. The molecule has 0 saturated carbocycles. The molecule has 26 heavy (non-hydrogen) atoms. The lowest BCUT2D eigenvalue weighted by Gasteiger charge is -2.19. The number of thiophene rings is 1. The van der Waals surface area contributed by atoms with Crippen molar-refractivity contribution in [2.75, 3.05) is 7.11 Å². The normalized spacial score (nSPS) is 12.3. The zero-order valence-corrected chi connectivity index (χ0v) is 15.9. The van der Waals surface area contributed by atoms with Crippen molar-refractivity contribution in [1.82, 2.24) is 9.88 Å². The maximum atomic E-state index is 12.9. The van der Waals surface area contributed by atoms with Gasteiger partial charge in [0, 0.05) is 12.5 Å². The first-order chi connectivity index (χ1) is 12.5. The number of carbonyl (C=O) groups is 2. The van der Waals surface area contributed by atoms with Gasteiger partial charge in [0.15, 0.2) is 0 Å². The molecule has 0 aliphatic rings. The van der Waals surface area contributed by atoms with E-state index in [1.807, 2.05) is 66.3 Å². The van der Waals surface area contributed by atoms with Crippen LogP contribution in [0.25, 0.3) is 10.2 Å². The lowest BCUT2D eigenvalue weighted by molar-refractivity contribution is -0.142. The van der Waals surface area contributed by atoms with Crippen LogP contribution in [0.2, 0.25) is 0 Å². The summed E-state index contributed by atoms with van der Waals surface area (Å²) in [5.74, 6) is -0.722. The smallest absolute Gasteiger partial charge is 0.328 e. The van der Waals surface area contributed by atoms with E-state index in [1.54, 1.807) is 11.3 Å². The van der Waals surface area contributed by atoms with Crippen LogP contribution < -0.4 is 5.32 Å². The quantitative estimate of drug-likeness (QED) is 0.672. The first-order valence-corrected chi connectivity index (χ1v) is 9.40. The number of aromatic nitrogens is 1. The van der Waals surface area contributed by atoms with E-state index in [2.05, 4.69) is 5.32 Å². The van der Waals surface area contributed by atoms with Gasteiger partial charge in [-0.25, -0.2) is 4.79 Å². The molecule has 0 spiro atoms. The molecule has 0 aliphatic heterocycles. The Morgan fingerprint density at radius 2 is 1.92 bits per heavy atom. The van der Waals surface area contributed by atoms with Crippen LogP contribution in [0.1, 0.15) is 35.9 Å². The average molecular weight is 370 g/mol. The molecule has 6 heteroatoms. The molecule has 1 unspecified atom stereocenters. The summed E-state index contributed by atoms with van der Waals surface area (Å²) in [5, 5.41) is 4.86. The highest BCUT2D eigenvalue weighted by Crippen LogP contribution is 2.28. The number of rotatable bonds is 6. The van der Waals surface area contributed by atoms with Crippen LogP contribution in [0.15, 0.2) is 47.8 Å². The van der Waals surface area contributed by atoms with E-state index in [1.165, 1.54) is 7.11 Å². The number of benzene rings is 1. The molecule has 136 valence electrons. The average Bonchev–Trinajstić information content (AvgIpc) is 3.21. The molecule has 2 aromatic heterocycles. The maximum Gasteiger partial charge on any atom is 0.328 e. The summed E-state index contributed by atoms with van der Waals surface area (Å²) in [7, 11) is 1.33. The van der Waals surface area contributed by atoms with Gasteiger partial charge < -0.3 is 14.6 Å². The molecule has 0 aliphatic carbocycles. The number of hydrogen-bond donors (Lipinski definition) is 1. The molecule has 3 aromatic rings. The molecule has 5 nitrogen and oxygen atoms in total. The van der Waals surface area contributed by atoms with Crippen LogP contribution >= 0.6 is 11.3 Å². The molecular formula is C20H22N2O3S. The third kappa shape index (κ3) is 3.65. The third-order valence-corrected chi connectivity index (χ3v) is 5.14. The Bertz CT molecular complexity index is 912. The fourth-order valence-electron chi connectivity index (χ4n) is 3.09. The Morgan fingerprint density at radius 1 is 1.19 bits per heavy atom. The molecule has 0 saturated heterocycles. The van der Waals surface area contributed by atoms with Gasteiger partial charge in [-0.2, -0.15) is 0 Å². The number of amides is 1. The van der Waals surface area contributed by atoms with Gasteiger partial charge in [-0.1, -0.05) is 30.3 Å². The fraction of sp³-hybridized carbons (Fsp3) is 0.300. The summed E-state index contributed by atoms with van der Waals surface area (Å²) in [6, 6.07) is 12.9. The van der Waals surface area contributed by atoms with Crippen LogP contribution in [-0.2, 0) is 16.0 Å². The highest BCUT2D eigenvalue weighted by molar-refractivity contribution is 7.17. The van der Waals surface area contributed by atoms with Gasteiger partial charge in [0.1, 0.15) is 11.7 Å². The molecular weight excluding hydrogens is 348 g/mol. The summed E-state index contributed by atoms with van der Waals surface area (Å²) in [4.78, 5) is 25.1. The second kappa shape index (κ2) is 7.74. The van der Waals surface area contributed by atoms with E-state index in [0.29, 0.717) is 12.1 Å². The first kappa shape index (κ1) is 18.2. The molecule has 1 aromatic carbocycles. The Kier molecular flexibility index (Phi) is 5.42. The topological polar surface area (TPSA) is 60.3 Å². The van der Waals surface area contributed by atoms with E-state index in [-0.39, 0.29) is 11.9 Å². The molecule has 1 amide bonds. The number of esters is 1. The molecule has 2 heterocycles. The standard InChI is InChI=1S/C20H22N2O3S/c1-13(2)22-16-9-10-26-18(16)12-17(22)19(23)21-15(20(24)25-3)11-14-7-5-4-6-8-14/h4-10,12-13,15H,11H2,1-3H3,(H,21,23). The second-order valence-corrected chi connectivity index (χ2v) is 7.35. The van der Waals surface area contributed by atoms with Crippen molar-refractivity contribution in [3.05, 3.63) is 59.1 Å².